The maximum Gasteiger partial charge on any atom is 0.193 e. The topological polar surface area (TPSA) is 79.9 Å². The minimum absolute atomic E-state index is 0.180. The van der Waals surface area contributed by atoms with Crippen LogP contribution < -0.4 is 15.8 Å². The number of hydrogen-bond acceptors (Lipinski definition) is 3. The van der Waals surface area contributed by atoms with Crippen LogP contribution in [0.1, 0.15) is 23.1 Å². The molecule has 23 heavy (non-hydrogen) atoms. The lowest BCUT2D eigenvalue weighted by Gasteiger charge is -2.09. The number of guanidine groups is 1. The van der Waals surface area contributed by atoms with Gasteiger partial charge in [0, 0.05) is 11.3 Å². The van der Waals surface area contributed by atoms with Crippen LogP contribution in [0.4, 0.5) is 5.69 Å². The summed E-state index contributed by atoms with van der Waals surface area (Å²) >= 11 is 0. The van der Waals surface area contributed by atoms with Crippen molar-refractivity contribution in [2.75, 3.05) is 12.4 Å². The number of rotatable bonds is 4. The molecule has 120 valence electrons. The summed E-state index contributed by atoms with van der Waals surface area (Å²) < 4.78 is 5.15. The van der Waals surface area contributed by atoms with E-state index in [4.69, 9.17) is 10.5 Å². The molecule has 1 aliphatic carbocycles. The smallest absolute Gasteiger partial charge is 0.193 e. The number of fused-ring (bicyclic) bond motifs is 1. The average Bonchev–Trinajstić information content (AvgIpc) is 3.02. The van der Waals surface area contributed by atoms with E-state index in [9.17, 15) is 5.11 Å². The van der Waals surface area contributed by atoms with Gasteiger partial charge in [-0.2, -0.15) is 0 Å². The fourth-order valence-corrected chi connectivity index (χ4v) is 2.82. The third-order valence-electron chi connectivity index (χ3n) is 4.08. The first-order valence-electron chi connectivity index (χ1n) is 7.70. The molecule has 4 N–H and O–H groups in total. The number of anilines is 1. The van der Waals surface area contributed by atoms with E-state index in [1.165, 1.54) is 17.5 Å². The molecule has 0 aromatic heterocycles. The molecular weight excluding hydrogens is 290 g/mol. The molecule has 0 heterocycles. The molecule has 2 aromatic carbocycles. The van der Waals surface area contributed by atoms with E-state index >= 15 is 0 Å². The van der Waals surface area contributed by atoms with E-state index in [2.05, 4.69) is 22.4 Å². The van der Waals surface area contributed by atoms with Gasteiger partial charge in [0.2, 0.25) is 0 Å². The molecule has 0 saturated carbocycles. The minimum Gasteiger partial charge on any atom is -0.508 e. The van der Waals surface area contributed by atoms with E-state index in [1.807, 2.05) is 6.07 Å². The first-order chi connectivity index (χ1) is 11.2. The van der Waals surface area contributed by atoms with Crippen LogP contribution in [0.5, 0.6) is 11.5 Å². The number of nitrogens with zero attached hydrogens (tertiary/aromatic N) is 1. The van der Waals surface area contributed by atoms with Gasteiger partial charge in [0.15, 0.2) is 5.96 Å². The fourth-order valence-electron chi connectivity index (χ4n) is 2.82. The lowest BCUT2D eigenvalue weighted by molar-refractivity contribution is 0.411. The maximum atomic E-state index is 9.85. The maximum absolute atomic E-state index is 9.85. The number of ether oxygens (including phenoxy) is 1. The zero-order valence-corrected chi connectivity index (χ0v) is 13.2. The predicted octanol–water partition coefficient (Wildman–Crippen LogP) is 2.82. The molecule has 3 rings (SSSR count). The van der Waals surface area contributed by atoms with Crippen LogP contribution in [-0.4, -0.2) is 18.2 Å². The Morgan fingerprint density at radius 3 is 2.87 bits per heavy atom. The van der Waals surface area contributed by atoms with Gasteiger partial charge in [0.25, 0.3) is 0 Å². The van der Waals surface area contributed by atoms with Crippen molar-refractivity contribution < 1.29 is 9.84 Å². The number of aryl methyl sites for hydroxylation is 2. The standard InChI is InChI=1S/C18H21N3O2/c1-23-16-7-8-17(22)14(10-16)11-20-18(19)21-15-6-5-12-3-2-4-13(12)9-15/h5-10,22H,2-4,11H2,1H3,(H3,19,20,21). The van der Waals surface area contributed by atoms with Crippen LogP contribution in [0.2, 0.25) is 0 Å². The number of methoxy groups -OCH3 is 1. The third kappa shape index (κ3) is 3.56. The molecule has 2 aromatic rings. The van der Waals surface area contributed by atoms with Crippen LogP contribution in [0.15, 0.2) is 41.4 Å². The Balaban J connectivity index is 1.68. The molecule has 0 aliphatic heterocycles. The monoisotopic (exact) mass is 311 g/mol. The predicted molar refractivity (Wildman–Crippen MR) is 92.1 cm³/mol. The van der Waals surface area contributed by atoms with E-state index < -0.39 is 0 Å². The van der Waals surface area contributed by atoms with Crippen molar-refractivity contribution in [1.82, 2.24) is 0 Å². The van der Waals surface area contributed by atoms with Crippen molar-refractivity contribution in [2.24, 2.45) is 10.7 Å². The lowest BCUT2D eigenvalue weighted by atomic mass is 10.1. The molecule has 5 nitrogen and oxygen atoms in total. The van der Waals surface area contributed by atoms with Crippen molar-refractivity contribution in [2.45, 2.75) is 25.8 Å². The highest BCUT2D eigenvalue weighted by Gasteiger charge is 2.11. The summed E-state index contributed by atoms with van der Waals surface area (Å²) in [6, 6.07) is 11.3. The second-order valence-corrected chi connectivity index (χ2v) is 5.66. The molecule has 0 radical (unpaired) electrons. The van der Waals surface area contributed by atoms with Crippen molar-refractivity contribution in [1.29, 1.82) is 0 Å². The van der Waals surface area contributed by atoms with Gasteiger partial charge >= 0.3 is 0 Å². The third-order valence-corrected chi connectivity index (χ3v) is 4.08. The zero-order chi connectivity index (χ0) is 16.2. The van der Waals surface area contributed by atoms with Crippen molar-refractivity contribution in [3.8, 4) is 11.5 Å². The zero-order valence-electron chi connectivity index (χ0n) is 13.2. The average molecular weight is 311 g/mol. The molecule has 0 bridgehead atoms. The van der Waals surface area contributed by atoms with Gasteiger partial charge in [-0.15, -0.1) is 0 Å². The molecule has 5 heteroatoms. The SMILES string of the molecule is COc1ccc(O)c(CN=C(N)Nc2ccc3c(c2)CCC3)c1. The Bertz CT molecular complexity index is 741. The van der Waals surface area contributed by atoms with Crippen LogP contribution in [0.25, 0.3) is 0 Å². The Morgan fingerprint density at radius 1 is 1.22 bits per heavy atom. The summed E-state index contributed by atoms with van der Waals surface area (Å²) in [5, 5.41) is 13.0. The summed E-state index contributed by atoms with van der Waals surface area (Å²) in [4.78, 5) is 4.29. The first-order valence-corrected chi connectivity index (χ1v) is 7.70. The summed E-state index contributed by atoms with van der Waals surface area (Å²) in [6.07, 6.45) is 3.51. The van der Waals surface area contributed by atoms with Gasteiger partial charge in [-0.05, 0) is 60.7 Å². The Kier molecular flexibility index (Phi) is 4.37. The molecule has 0 amide bonds. The first kappa shape index (κ1) is 15.2. The number of benzene rings is 2. The molecule has 0 atom stereocenters. The van der Waals surface area contributed by atoms with Crippen molar-refractivity contribution >= 4 is 11.6 Å². The van der Waals surface area contributed by atoms with Crippen molar-refractivity contribution in [3.63, 3.8) is 0 Å². The lowest BCUT2D eigenvalue weighted by Crippen LogP contribution is -2.22. The second-order valence-electron chi connectivity index (χ2n) is 5.66. The van der Waals surface area contributed by atoms with Crippen LogP contribution >= 0.6 is 0 Å². The van der Waals surface area contributed by atoms with Crippen LogP contribution in [0.3, 0.4) is 0 Å². The molecular formula is C18H21N3O2. The highest BCUT2D eigenvalue weighted by Crippen LogP contribution is 2.25. The highest BCUT2D eigenvalue weighted by atomic mass is 16.5. The Morgan fingerprint density at radius 2 is 2.04 bits per heavy atom. The summed E-state index contributed by atoms with van der Waals surface area (Å²) in [5.41, 5.74) is 10.4. The largest absolute Gasteiger partial charge is 0.508 e. The number of hydrogen-bond donors (Lipinski definition) is 3. The number of nitrogens with one attached hydrogen (secondary N) is 1. The van der Waals surface area contributed by atoms with Gasteiger partial charge in [0.05, 0.1) is 13.7 Å². The van der Waals surface area contributed by atoms with E-state index in [-0.39, 0.29) is 12.3 Å². The van der Waals surface area contributed by atoms with Gasteiger partial charge in [0.1, 0.15) is 11.5 Å². The van der Waals surface area contributed by atoms with Gasteiger partial charge < -0.3 is 20.9 Å². The fraction of sp³-hybridized carbons (Fsp3) is 0.278. The summed E-state index contributed by atoms with van der Waals surface area (Å²) in [6.45, 7) is 0.285. The van der Waals surface area contributed by atoms with Crippen LogP contribution in [-0.2, 0) is 19.4 Å². The van der Waals surface area contributed by atoms with E-state index in [1.54, 1.807) is 25.3 Å². The highest BCUT2D eigenvalue weighted by molar-refractivity contribution is 5.92. The molecule has 0 saturated heterocycles. The van der Waals surface area contributed by atoms with Gasteiger partial charge in [-0.1, -0.05) is 6.07 Å². The number of aliphatic imine (C=N–C) groups is 1. The molecule has 0 unspecified atom stereocenters. The number of phenols is 1. The van der Waals surface area contributed by atoms with Gasteiger partial charge in [-0.25, -0.2) is 4.99 Å². The number of phenolic OH excluding ortho intramolecular Hbond substituents is 1. The Hall–Kier alpha value is -2.69. The number of nitrogens with two attached hydrogens (primary N) is 1. The van der Waals surface area contributed by atoms with Crippen LogP contribution in [0, 0.1) is 0 Å². The number of aromatic hydroxyl groups is 1. The normalized spacial score (nSPS) is 13.7. The van der Waals surface area contributed by atoms with Gasteiger partial charge in [-0.3, -0.25) is 0 Å². The van der Waals surface area contributed by atoms with E-state index in [0.717, 1.165) is 18.5 Å². The van der Waals surface area contributed by atoms with Crippen molar-refractivity contribution in [3.05, 3.63) is 53.1 Å². The molecule has 0 fully saturated rings. The van der Waals surface area contributed by atoms with E-state index in [0.29, 0.717) is 17.3 Å². The molecule has 1 aliphatic rings. The second kappa shape index (κ2) is 6.60. The Labute approximate surface area is 135 Å². The summed E-state index contributed by atoms with van der Waals surface area (Å²) in [7, 11) is 1.59. The summed E-state index contributed by atoms with van der Waals surface area (Å²) in [5.74, 6) is 1.18. The quantitative estimate of drug-likeness (QED) is 0.599. The molecule has 0 spiro atoms. The minimum atomic E-state index is 0.180.